The summed E-state index contributed by atoms with van der Waals surface area (Å²) in [6, 6.07) is 4.37. The molecule has 10 heteroatoms. The normalized spacial score (nSPS) is 25.2. The van der Waals surface area contributed by atoms with Gasteiger partial charge >= 0.3 is 0 Å². The van der Waals surface area contributed by atoms with Crippen molar-refractivity contribution in [1.29, 1.82) is 0 Å². The molecule has 0 bridgehead atoms. The van der Waals surface area contributed by atoms with Crippen molar-refractivity contribution in [2.45, 2.75) is 63.1 Å². The topological polar surface area (TPSA) is 134 Å². The summed E-state index contributed by atoms with van der Waals surface area (Å²) < 4.78 is 0. The van der Waals surface area contributed by atoms with Gasteiger partial charge in [-0.05, 0) is 37.3 Å². The first kappa shape index (κ1) is 21.7. The molecule has 1 unspecified atom stereocenters. The second-order valence-electron chi connectivity index (χ2n) is 8.84. The number of amides is 4. The minimum absolute atomic E-state index is 0.0938. The molecular formula is C23H25N5O4S. The van der Waals surface area contributed by atoms with Gasteiger partial charge in [-0.25, -0.2) is 4.98 Å². The Morgan fingerprint density at radius 3 is 2.79 bits per heavy atom. The van der Waals surface area contributed by atoms with E-state index in [0.717, 1.165) is 41.4 Å². The van der Waals surface area contributed by atoms with Crippen LogP contribution in [0.4, 0.5) is 5.13 Å². The Hall–Kier alpha value is -3.11. The van der Waals surface area contributed by atoms with Crippen LogP contribution in [-0.2, 0) is 16.1 Å². The molecule has 33 heavy (non-hydrogen) atoms. The van der Waals surface area contributed by atoms with Crippen molar-refractivity contribution >= 4 is 40.1 Å². The first-order chi connectivity index (χ1) is 15.9. The second-order valence-corrected chi connectivity index (χ2v) is 9.70. The zero-order chi connectivity index (χ0) is 23.1. The van der Waals surface area contributed by atoms with Gasteiger partial charge in [-0.3, -0.25) is 29.4 Å². The van der Waals surface area contributed by atoms with Crippen LogP contribution in [-0.4, -0.2) is 45.6 Å². The molecule has 1 saturated carbocycles. The number of nitrogens with one attached hydrogen (secondary N) is 2. The summed E-state index contributed by atoms with van der Waals surface area (Å²) in [6.45, 7) is 0.322. The third kappa shape index (κ3) is 4.04. The van der Waals surface area contributed by atoms with Crippen molar-refractivity contribution < 1.29 is 19.2 Å². The first-order valence-electron chi connectivity index (χ1n) is 11.2. The van der Waals surface area contributed by atoms with E-state index in [4.69, 9.17) is 10.7 Å². The van der Waals surface area contributed by atoms with Crippen LogP contribution >= 0.6 is 11.3 Å². The molecule has 1 saturated heterocycles. The van der Waals surface area contributed by atoms with Crippen LogP contribution < -0.4 is 16.4 Å². The maximum atomic E-state index is 13.2. The summed E-state index contributed by atoms with van der Waals surface area (Å²) in [6.07, 6.45) is 4.44. The molecule has 5 rings (SSSR count). The van der Waals surface area contributed by atoms with Gasteiger partial charge in [-0.1, -0.05) is 18.6 Å². The Labute approximate surface area is 194 Å². The zero-order valence-electron chi connectivity index (χ0n) is 18.0. The quantitative estimate of drug-likeness (QED) is 0.574. The van der Waals surface area contributed by atoms with E-state index in [1.165, 1.54) is 11.3 Å². The summed E-state index contributed by atoms with van der Waals surface area (Å²) in [5.41, 5.74) is 8.41. The summed E-state index contributed by atoms with van der Waals surface area (Å²) in [5.74, 6) is -1.63. The molecule has 3 atom stereocenters. The van der Waals surface area contributed by atoms with Crippen molar-refractivity contribution in [1.82, 2.24) is 15.2 Å². The van der Waals surface area contributed by atoms with Crippen LogP contribution in [0, 0.1) is 0 Å². The molecular weight excluding hydrogens is 442 g/mol. The molecule has 2 fully saturated rings. The van der Waals surface area contributed by atoms with Crippen LogP contribution in [0.3, 0.4) is 0 Å². The number of nitrogens with zero attached hydrogens (tertiary/aromatic N) is 2. The monoisotopic (exact) mass is 467 g/mol. The van der Waals surface area contributed by atoms with Crippen molar-refractivity contribution in [3.05, 3.63) is 46.0 Å². The van der Waals surface area contributed by atoms with Gasteiger partial charge in [0.1, 0.15) is 6.04 Å². The Morgan fingerprint density at radius 1 is 1.15 bits per heavy atom. The van der Waals surface area contributed by atoms with Crippen LogP contribution in [0.25, 0.3) is 0 Å². The first-order valence-corrected chi connectivity index (χ1v) is 12.1. The number of benzene rings is 1. The highest BCUT2D eigenvalue weighted by atomic mass is 32.1. The van der Waals surface area contributed by atoms with Crippen molar-refractivity contribution in [3.63, 3.8) is 0 Å². The van der Waals surface area contributed by atoms with E-state index >= 15 is 0 Å². The number of nitrogens with two attached hydrogens (primary N) is 1. The number of piperidine rings is 1. The Morgan fingerprint density at radius 2 is 2.00 bits per heavy atom. The van der Waals surface area contributed by atoms with Crippen molar-refractivity contribution in [2.75, 3.05) is 5.32 Å². The van der Waals surface area contributed by atoms with Crippen LogP contribution in [0.2, 0.25) is 0 Å². The van der Waals surface area contributed by atoms with Gasteiger partial charge < -0.3 is 11.1 Å². The van der Waals surface area contributed by atoms with Gasteiger partial charge in [0.2, 0.25) is 11.8 Å². The van der Waals surface area contributed by atoms with E-state index in [2.05, 4.69) is 16.0 Å². The van der Waals surface area contributed by atoms with Crippen LogP contribution in [0.15, 0.2) is 23.6 Å². The van der Waals surface area contributed by atoms with Gasteiger partial charge in [0.25, 0.3) is 11.8 Å². The summed E-state index contributed by atoms with van der Waals surface area (Å²) in [7, 11) is 0. The fraction of sp³-hybridized carbons (Fsp3) is 0.435. The van der Waals surface area contributed by atoms with E-state index in [1.807, 2.05) is 0 Å². The van der Waals surface area contributed by atoms with Gasteiger partial charge in [-0.15, -0.1) is 11.3 Å². The van der Waals surface area contributed by atoms with Gasteiger partial charge in [-0.2, -0.15) is 0 Å². The van der Waals surface area contributed by atoms with E-state index in [9.17, 15) is 19.2 Å². The Kier molecular flexibility index (Phi) is 5.71. The highest BCUT2D eigenvalue weighted by molar-refractivity contribution is 7.13. The molecule has 2 aliphatic heterocycles. The number of anilines is 1. The van der Waals surface area contributed by atoms with Gasteiger partial charge in [0, 0.05) is 30.3 Å². The molecule has 4 N–H and O–H groups in total. The molecule has 3 heterocycles. The van der Waals surface area contributed by atoms with E-state index in [0.29, 0.717) is 23.6 Å². The lowest BCUT2D eigenvalue weighted by Crippen LogP contribution is -2.54. The maximum absolute atomic E-state index is 13.2. The predicted molar refractivity (Wildman–Crippen MR) is 122 cm³/mol. The number of imide groups is 2. The van der Waals surface area contributed by atoms with E-state index < -0.39 is 29.7 Å². The van der Waals surface area contributed by atoms with Gasteiger partial charge in [0.15, 0.2) is 5.13 Å². The zero-order valence-corrected chi connectivity index (χ0v) is 18.8. The maximum Gasteiger partial charge on any atom is 0.262 e. The number of aromatic nitrogens is 1. The summed E-state index contributed by atoms with van der Waals surface area (Å²) >= 11 is 1.51. The molecule has 0 spiro atoms. The standard InChI is InChI=1S/C23H25N5O4S/c24-14-5-1-3-12(9-14)16-11-33-23(26-16)25-10-13-4-2-6-15-19(13)22(32)28(21(15)31)17-7-8-18(29)27-20(17)30/h2,4,6,11-12,14,17H,1,3,5,7-10,24H2,(H,25,26)(H,27,29,30)/t12-,14+,17?/m0/s1. The largest absolute Gasteiger partial charge is 0.357 e. The number of hydrogen-bond donors (Lipinski definition) is 3. The van der Waals surface area contributed by atoms with Crippen LogP contribution in [0.5, 0.6) is 0 Å². The SMILES string of the molecule is N[C@@H]1CCC[C@H](c2csc(NCc3cccc4c3C(=O)N(C3CCC(=O)NC3=O)C4=O)n2)C1. The minimum Gasteiger partial charge on any atom is -0.357 e. The highest BCUT2D eigenvalue weighted by Gasteiger charge is 2.45. The smallest absolute Gasteiger partial charge is 0.262 e. The molecule has 3 aliphatic rings. The fourth-order valence-electron chi connectivity index (χ4n) is 4.95. The average molecular weight is 468 g/mol. The molecule has 1 aromatic carbocycles. The molecule has 2 aromatic rings. The number of hydrogen-bond acceptors (Lipinski definition) is 8. The molecule has 0 radical (unpaired) electrons. The van der Waals surface area contributed by atoms with E-state index in [1.54, 1.807) is 18.2 Å². The number of carbonyl (C=O) groups is 4. The number of rotatable bonds is 5. The molecule has 1 aromatic heterocycles. The second kappa shape index (κ2) is 8.68. The summed E-state index contributed by atoms with van der Waals surface area (Å²) in [4.78, 5) is 55.6. The van der Waals surface area contributed by atoms with E-state index in [-0.39, 0.29) is 24.4 Å². The lowest BCUT2D eigenvalue weighted by molar-refractivity contribution is -0.136. The number of carbonyl (C=O) groups excluding carboxylic acids is 4. The predicted octanol–water partition coefficient (Wildman–Crippen LogP) is 2.14. The van der Waals surface area contributed by atoms with Crippen molar-refractivity contribution in [2.24, 2.45) is 5.73 Å². The molecule has 1 aliphatic carbocycles. The Bertz CT molecular complexity index is 1150. The van der Waals surface area contributed by atoms with Crippen molar-refractivity contribution in [3.8, 4) is 0 Å². The van der Waals surface area contributed by atoms with Crippen LogP contribution in [0.1, 0.15) is 76.4 Å². The molecule has 9 nitrogen and oxygen atoms in total. The highest BCUT2D eigenvalue weighted by Crippen LogP contribution is 2.34. The number of thiazole rings is 1. The van der Waals surface area contributed by atoms with Gasteiger partial charge in [0.05, 0.1) is 16.8 Å². The third-order valence-corrected chi connectivity index (χ3v) is 7.46. The lowest BCUT2D eigenvalue weighted by Gasteiger charge is -2.27. The lowest BCUT2D eigenvalue weighted by atomic mass is 9.84. The molecule has 172 valence electrons. The minimum atomic E-state index is -0.973. The third-order valence-electron chi connectivity index (χ3n) is 6.64. The fourth-order valence-corrected chi connectivity index (χ4v) is 5.75. The summed E-state index contributed by atoms with van der Waals surface area (Å²) in [5, 5.41) is 8.30. The average Bonchev–Trinajstić information content (AvgIpc) is 3.37. The number of fused-ring (bicyclic) bond motifs is 1. The Balaban J connectivity index is 1.32. The molecule has 4 amide bonds.